The zero-order chi connectivity index (χ0) is 9.73. The molecular weight excluding hydrogens is 192 g/mol. The maximum Gasteiger partial charge on any atom is 0.316 e. The van der Waals surface area contributed by atoms with Crippen molar-refractivity contribution in [2.45, 2.75) is 5.03 Å². The van der Waals surface area contributed by atoms with Crippen LogP contribution in [0.3, 0.4) is 0 Å². The highest BCUT2D eigenvalue weighted by molar-refractivity contribution is 7.86. The first-order chi connectivity index (χ1) is 6.17. The molecule has 70 valence electrons. The van der Waals surface area contributed by atoms with Gasteiger partial charge in [0.1, 0.15) is 0 Å². The van der Waals surface area contributed by atoms with Crippen molar-refractivity contribution in [3.63, 3.8) is 0 Å². The predicted molar refractivity (Wildman–Crippen MR) is 45.4 cm³/mol. The molecule has 6 heteroatoms. The van der Waals surface area contributed by atoms with Crippen LogP contribution in [0.15, 0.2) is 36.3 Å². The van der Waals surface area contributed by atoms with E-state index in [-0.39, 0.29) is 11.6 Å². The van der Waals surface area contributed by atoms with E-state index in [0.717, 1.165) is 6.20 Å². The third-order valence-electron chi connectivity index (χ3n) is 1.14. The Morgan fingerprint density at radius 2 is 2.31 bits per heavy atom. The van der Waals surface area contributed by atoms with E-state index in [1.807, 2.05) is 0 Å². The second-order valence-corrected chi connectivity index (χ2v) is 3.63. The van der Waals surface area contributed by atoms with Gasteiger partial charge in [-0.3, -0.25) is 9.17 Å². The lowest BCUT2D eigenvalue weighted by Gasteiger charge is -2.00. The lowest BCUT2D eigenvalue weighted by Crippen LogP contribution is -2.08. The van der Waals surface area contributed by atoms with Crippen molar-refractivity contribution in [2.24, 2.45) is 0 Å². The smallest absolute Gasteiger partial charge is 0.261 e. The van der Waals surface area contributed by atoms with Gasteiger partial charge in [0, 0.05) is 12.4 Å². The molecule has 0 bridgehead atoms. The van der Waals surface area contributed by atoms with Gasteiger partial charge in [-0.25, -0.2) is 4.98 Å². The molecule has 1 heterocycles. The zero-order valence-electron chi connectivity index (χ0n) is 6.75. The number of rotatable bonds is 4. The SMILES string of the molecule is C=CCOS(=O)(=O)c1cnccn1. The predicted octanol–water partition coefficient (Wildman–Crippen LogP) is 0.368. The summed E-state index contributed by atoms with van der Waals surface area (Å²) in [5.41, 5.74) is 0. The van der Waals surface area contributed by atoms with E-state index < -0.39 is 10.1 Å². The average Bonchev–Trinajstić information content (AvgIpc) is 2.16. The van der Waals surface area contributed by atoms with Gasteiger partial charge in [-0.1, -0.05) is 6.08 Å². The maximum atomic E-state index is 11.2. The van der Waals surface area contributed by atoms with Crippen LogP contribution < -0.4 is 0 Å². The van der Waals surface area contributed by atoms with Crippen LogP contribution in [0.4, 0.5) is 0 Å². The lowest BCUT2D eigenvalue weighted by molar-refractivity contribution is 0.355. The van der Waals surface area contributed by atoms with Gasteiger partial charge >= 0.3 is 10.1 Å². The number of hydrogen-bond acceptors (Lipinski definition) is 5. The second-order valence-electron chi connectivity index (χ2n) is 2.07. The first-order valence-corrected chi connectivity index (χ1v) is 4.84. The average molecular weight is 200 g/mol. The fraction of sp³-hybridized carbons (Fsp3) is 0.143. The highest BCUT2D eigenvalue weighted by Crippen LogP contribution is 2.05. The molecule has 0 saturated heterocycles. The quantitative estimate of drug-likeness (QED) is 0.518. The van der Waals surface area contributed by atoms with Crippen LogP contribution in [0, 0.1) is 0 Å². The molecule has 0 aliphatic rings. The van der Waals surface area contributed by atoms with Gasteiger partial charge in [0.15, 0.2) is 0 Å². The van der Waals surface area contributed by atoms with Crippen LogP contribution in [0.25, 0.3) is 0 Å². The number of aromatic nitrogens is 2. The Balaban J connectivity index is 2.88. The van der Waals surface area contributed by atoms with Gasteiger partial charge in [-0.2, -0.15) is 8.42 Å². The van der Waals surface area contributed by atoms with E-state index in [0.29, 0.717) is 0 Å². The van der Waals surface area contributed by atoms with E-state index in [1.165, 1.54) is 18.5 Å². The molecule has 1 aromatic heterocycles. The normalized spacial score (nSPS) is 11.1. The van der Waals surface area contributed by atoms with Gasteiger partial charge in [0.25, 0.3) is 0 Å². The summed E-state index contributed by atoms with van der Waals surface area (Å²) in [6.07, 6.45) is 5.13. The molecule has 5 nitrogen and oxygen atoms in total. The second kappa shape index (κ2) is 4.11. The van der Waals surface area contributed by atoms with Crippen LogP contribution in [0.2, 0.25) is 0 Å². The lowest BCUT2D eigenvalue weighted by atomic mass is 10.7. The standard InChI is InChI=1S/C7H8N2O3S/c1-2-5-12-13(10,11)7-6-8-3-4-9-7/h2-4,6H,1,5H2. The van der Waals surface area contributed by atoms with Crippen LogP contribution >= 0.6 is 0 Å². The van der Waals surface area contributed by atoms with E-state index in [1.54, 1.807) is 0 Å². The van der Waals surface area contributed by atoms with Crippen LogP contribution in [0.5, 0.6) is 0 Å². The molecule has 0 atom stereocenters. The summed E-state index contributed by atoms with van der Waals surface area (Å²) in [4.78, 5) is 7.21. The third kappa shape index (κ3) is 2.60. The van der Waals surface area contributed by atoms with Crippen molar-refractivity contribution in [1.82, 2.24) is 9.97 Å². The van der Waals surface area contributed by atoms with Crippen molar-refractivity contribution in [3.8, 4) is 0 Å². The molecule has 0 amide bonds. The Bertz CT molecular complexity index is 374. The molecule has 1 rings (SSSR count). The largest absolute Gasteiger partial charge is 0.316 e. The molecular formula is C7H8N2O3S. The molecule has 0 saturated carbocycles. The Morgan fingerprint density at radius 1 is 1.54 bits per heavy atom. The highest BCUT2D eigenvalue weighted by atomic mass is 32.2. The summed E-state index contributed by atoms with van der Waals surface area (Å²) >= 11 is 0. The van der Waals surface area contributed by atoms with Crippen molar-refractivity contribution in [1.29, 1.82) is 0 Å². The summed E-state index contributed by atoms with van der Waals surface area (Å²) in [6.45, 7) is 3.26. The minimum Gasteiger partial charge on any atom is -0.261 e. The summed E-state index contributed by atoms with van der Waals surface area (Å²) in [6, 6.07) is 0. The Morgan fingerprint density at radius 3 is 2.85 bits per heavy atom. The molecule has 0 N–H and O–H groups in total. The van der Waals surface area contributed by atoms with Crippen molar-refractivity contribution in [3.05, 3.63) is 31.2 Å². The zero-order valence-corrected chi connectivity index (χ0v) is 7.57. The summed E-state index contributed by atoms with van der Waals surface area (Å²) < 4.78 is 27.0. The highest BCUT2D eigenvalue weighted by Gasteiger charge is 2.15. The summed E-state index contributed by atoms with van der Waals surface area (Å²) in [7, 11) is -3.77. The monoisotopic (exact) mass is 200 g/mol. The molecule has 0 spiro atoms. The molecule has 0 fully saturated rings. The van der Waals surface area contributed by atoms with Crippen LogP contribution in [-0.2, 0) is 14.3 Å². The van der Waals surface area contributed by atoms with Crippen molar-refractivity contribution in [2.75, 3.05) is 6.61 Å². The minimum atomic E-state index is -3.77. The van der Waals surface area contributed by atoms with E-state index in [4.69, 9.17) is 0 Å². The minimum absolute atomic E-state index is 0.0705. The van der Waals surface area contributed by atoms with Gasteiger partial charge < -0.3 is 0 Å². The maximum absolute atomic E-state index is 11.2. The summed E-state index contributed by atoms with van der Waals surface area (Å²) in [5.74, 6) is 0. The van der Waals surface area contributed by atoms with E-state index >= 15 is 0 Å². The molecule has 1 aromatic rings. The van der Waals surface area contributed by atoms with Crippen LogP contribution in [0.1, 0.15) is 0 Å². The Hall–Kier alpha value is -1.27. The molecule has 0 aromatic carbocycles. The Labute approximate surface area is 76.2 Å². The van der Waals surface area contributed by atoms with Crippen molar-refractivity contribution >= 4 is 10.1 Å². The fourth-order valence-corrected chi connectivity index (χ4v) is 1.39. The fourth-order valence-electron chi connectivity index (χ4n) is 0.613. The first-order valence-electron chi connectivity index (χ1n) is 3.43. The molecule has 0 aliphatic carbocycles. The number of hydrogen-bond donors (Lipinski definition) is 0. The molecule has 0 aliphatic heterocycles. The molecule has 0 unspecified atom stereocenters. The third-order valence-corrected chi connectivity index (χ3v) is 2.31. The Kier molecular flexibility index (Phi) is 3.10. The van der Waals surface area contributed by atoms with Gasteiger partial charge in [-0.15, -0.1) is 6.58 Å². The van der Waals surface area contributed by atoms with E-state index in [2.05, 4.69) is 20.7 Å². The number of nitrogens with zero attached hydrogens (tertiary/aromatic N) is 2. The van der Waals surface area contributed by atoms with E-state index in [9.17, 15) is 8.42 Å². The van der Waals surface area contributed by atoms with Gasteiger partial charge in [-0.05, 0) is 0 Å². The topological polar surface area (TPSA) is 69.2 Å². The van der Waals surface area contributed by atoms with Gasteiger partial charge in [0.05, 0.1) is 12.8 Å². The van der Waals surface area contributed by atoms with Gasteiger partial charge in [0.2, 0.25) is 5.03 Å². The van der Waals surface area contributed by atoms with Crippen molar-refractivity contribution < 1.29 is 12.6 Å². The van der Waals surface area contributed by atoms with Crippen LogP contribution in [-0.4, -0.2) is 25.0 Å². The molecule has 13 heavy (non-hydrogen) atoms. The first kappa shape index (κ1) is 9.82. The summed E-state index contributed by atoms with van der Waals surface area (Å²) in [5, 5.41) is -0.197. The molecule has 0 radical (unpaired) electrons.